The number of carbonyl (C=O) groups excluding carboxylic acids is 1. The van der Waals surface area contributed by atoms with Gasteiger partial charge in [0.2, 0.25) is 0 Å². The van der Waals surface area contributed by atoms with E-state index in [1.165, 1.54) is 9.80 Å². The van der Waals surface area contributed by atoms with E-state index in [1.54, 1.807) is 18.4 Å². The second-order valence-corrected chi connectivity index (χ2v) is 7.63. The van der Waals surface area contributed by atoms with Gasteiger partial charge >= 0.3 is 0 Å². The van der Waals surface area contributed by atoms with Gasteiger partial charge in [-0.1, -0.05) is 0 Å². The first kappa shape index (κ1) is 18.7. The van der Waals surface area contributed by atoms with Crippen LogP contribution in [0.25, 0.3) is 0 Å². The fourth-order valence-corrected chi connectivity index (χ4v) is 3.90. The maximum Gasteiger partial charge on any atom is 0.298 e. The Morgan fingerprint density at radius 2 is 1.96 bits per heavy atom. The van der Waals surface area contributed by atoms with Gasteiger partial charge in [0.15, 0.2) is 6.54 Å². The molecule has 2 aromatic rings. The number of ether oxygens (including phenoxy) is 1. The summed E-state index contributed by atoms with van der Waals surface area (Å²) in [5.41, 5.74) is 1.90. The number of likely N-dealkylation sites (N-methyl/N-ethyl adjacent to an activating group) is 1. The molecule has 1 atom stereocenters. The summed E-state index contributed by atoms with van der Waals surface area (Å²) in [7, 11) is 3.86. The van der Waals surface area contributed by atoms with Crippen molar-refractivity contribution >= 4 is 11.6 Å². The molecule has 2 N–H and O–H groups in total. The summed E-state index contributed by atoms with van der Waals surface area (Å²) in [6.45, 7) is 4.72. The number of quaternary nitrogens is 2. The maximum absolute atomic E-state index is 13.1. The van der Waals surface area contributed by atoms with Crippen molar-refractivity contribution < 1.29 is 23.7 Å². The van der Waals surface area contributed by atoms with Crippen molar-refractivity contribution in [3.05, 3.63) is 54.0 Å². The lowest BCUT2D eigenvalue weighted by Gasteiger charge is -2.28. The highest BCUT2D eigenvalue weighted by molar-refractivity contribution is 6.03. The Morgan fingerprint density at radius 3 is 2.61 bits per heavy atom. The number of furan rings is 1. The summed E-state index contributed by atoms with van der Waals surface area (Å²) in [6.07, 6.45) is 2.30. The molecule has 0 spiro atoms. The topological polar surface area (TPSA) is 63.9 Å². The number of methoxy groups -OCH3 is 1. The Bertz CT molecular complexity index is 824. The number of nitrogens with zero attached hydrogens (tertiary/aromatic N) is 2. The molecule has 148 valence electrons. The average molecular weight is 384 g/mol. The molecule has 7 heteroatoms. The number of hydrazone groups is 1. The largest absolute Gasteiger partial charge is 0.497 e. The molecule has 0 unspecified atom stereocenters. The van der Waals surface area contributed by atoms with Crippen molar-refractivity contribution in [2.24, 2.45) is 5.10 Å². The molecule has 2 aliphatic rings. The molecule has 4 rings (SSSR count). The lowest BCUT2D eigenvalue weighted by Crippen LogP contribution is -3.27. The lowest BCUT2D eigenvalue weighted by atomic mass is 10.0. The van der Waals surface area contributed by atoms with Crippen LogP contribution >= 0.6 is 0 Å². The van der Waals surface area contributed by atoms with Gasteiger partial charge in [-0.3, -0.25) is 4.79 Å². The SMILES string of the molecule is COc1ccc(C2=NN(C(=O)C[NH+]3CC[NH+](C)CC3)[C@@H](c3ccco3)C2)cc1. The van der Waals surface area contributed by atoms with E-state index in [1.807, 2.05) is 36.4 Å². The monoisotopic (exact) mass is 384 g/mol. The third-order valence-electron chi connectivity index (χ3n) is 5.67. The van der Waals surface area contributed by atoms with Crippen molar-refractivity contribution in [2.75, 3.05) is 46.9 Å². The molecule has 1 fully saturated rings. The molecule has 1 saturated heterocycles. The predicted octanol–water partition coefficient (Wildman–Crippen LogP) is -0.621. The van der Waals surface area contributed by atoms with Gasteiger partial charge in [-0.05, 0) is 42.0 Å². The first-order valence-electron chi connectivity index (χ1n) is 9.86. The quantitative estimate of drug-likeness (QED) is 0.722. The van der Waals surface area contributed by atoms with Gasteiger partial charge in [0.05, 0.1) is 26.1 Å². The number of benzene rings is 1. The molecule has 7 nitrogen and oxygen atoms in total. The fourth-order valence-electron chi connectivity index (χ4n) is 3.90. The van der Waals surface area contributed by atoms with E-state index in [4.69, 9.17) is 14.3 Å². The predicted molar refractivity (Wildman–Crippen MR) is 105 cm³/mol. The normalized spacial score (nSPS) is 24.9. The van der Waals surface area contributed by atoms with Gasteiger partial charge in [0.1, 0.15) is 43.7 Å². The molecule has 0 aliphatic carbocycles. The van der Waals surface area contributed by atoms with E-state index in [9.17, 15) is 4.79 Å². The van der Waals surface area contributed by atoms with Gasteiger partial charge in [-0.15, -0.1) is 0 Å². The summed E-state index contributed by atoms with van der Waals surface area (Å²) in [4.78, 5) is 16.0. The molecule has 3 heterocycles. The molecule has 1 aromatic carbocycles. The van der Waals surface area contributed by atoms with Crippen LogP contribution in [0, 0.1) is 0 Å². The summed E-state index contributed by atoms with van der Waals surface area (Å²) in [5, 5.41) is 6.35. The van der Waals surface area contributed by atoms with Crippen LogP contribution in [0.2, 0.25) is 0 Å². The van der Waals surface area contributed by atoms with E-state index in [0.717, 1.165) is 49.0 Å². The highest BCUT2D eigenvalue weighted by atomic mass is 16.5. The zero-order chi connectivity index (χ0) is 19.5. The van der Waals surface area contributed by atoms with Crippen LogP contribution in [0.5, 0.6) is 5.75 Å². The van der Waals surface area contributed by atoms with Crippen LogP contribution in [0.1, 0.15) is 23.8 Å². The number of hydrogen-bond acceptors (Lipinski definition) is 4. The second kappa shape index (κ2) is 8.16. The summed E-state index contributed by atoms with van der Waals surface area (Å²) < 4.78 is 10.9. The first-order chi connectivity index (χ1) is 13.6. The number of nitrogens with one attached hydrogen (secondary N) is 2. The summed E-state index contributed by atoms with van der Waals surface area (Å²) in [5.74, 6) is 1.64. The third-order valence-corrected chi connectivity index (χ3v) is 5.67. The molecule has 0 saturated carbocycles. The van der Waals surface area contributed by atoms with Crippen molar-refractivity contribution in [1.29, 1.82) is 0 Å². The number of rotatable bonds is 5. The van der Waals surface area contributed by atoms with Crippen LogP contribution in [-0.2, 0) is 4.79 Å². The molecule has 2 aliphatic heterocycles. The minimum absolute atomic E-state index is 0.0551. The Labute approximate surface area is 165 Å². The molecule has 1 amide bonds. The zero-order valence-corrected chi connectivity index (χ0v) is 16.5. The Morgan fingerprint density at radius 1 is 1.21 bits per heavy atom. The van der Waals surface area contributed by atoms with Gasteiger partial charge in [0.25, 0.3) is 5.91 Å². The van der Waals surface area contributed by atoms with Gasteiger partial charge in [-0.2, -0.15) is 5.10 Å². The van der Waals surface area contributed by atoms with Gasteiger partial charge in [-0.25, -0.2) is 5.01 Å². The van der Waals surface area contributed by atoms with Crippen molar-refractivity contribution in [2.45, 2.75) is 12.5 Å². The molecular weight excluding hydrogens is 356 g/mol. The summed E-state index contributed by atoms with van der Waals surface area (Å²) in [6, 6.07) is 11.4. The number of amides is 1. The van der Waals surface area contributed by atoms with E-state index in [2.05, 4.69) is 7.05 Å². The minimum atomic E-state index is -0.183. The highest BCUT2D eigenvalue weighted by Crippen LogP contribution is 2.33. The van der Waals surface area contributed by atoms with E-state index in [0.29, 0.717) is 13.0 Å². The Balaban J connectivity index is 1.53. The minimum Gasteiger partial charge on any atom is -0.497 e. The van der Waals surface area contributed by atoms with Crippen LogP contribution in [0.15, 0.2) is 52.2 Å². The van der Waals surface area contributed by atoms with Crippen LogP contribution in [0.3, 0.4) is 0 Å². The third kappa shape index (κ3) is 3.95. The van der Waals surface area contributed by atoms with E-state index < -0.39 is 0 Å². The fraction of sp³-hybridized carbons (Fsp3) is 0.429. The average Bonchev–Trinajstić information content (AvgIpc) is 3.39. The zero-order valence-electron chi connectivity index (χ0n) is 16.5. The van der Waals surface area contributed by atoms with E-state index in [-0.39, 0.29) is 11.9 Å². The molecular formula is C21H28N4O3+2. The van der Waals surface area contributed by atoms with Gasteiger partial charge < -0.3 is 19.0 Å². The van der Waals surface area contributed by atoms with Crippen LogP contribution in [0.4, 0.5) is 0 Å². The highest BCUT2D eigenvalue weighted by Gasteiger charge is 2.36. The smallest absolute Gasteiger partial charge is 0.298 e. The molecule has 0 bridgehead atoms. The second-order valence-electron chi connectivity index (χ2n) is 7.63. The Hall–Kier alpha value is -2.64. The van der Waals surface area contributed by atoms with Gasteiger partial charge in [0, 0.05) is 6.42 Å². The standard InChI is InChI=1S/C21H26N4O3/c1-23-9-11-24(12-10-23)15-21(26)25-19(20-4-3-13-28-20)14-18(22-25)16-5-7-17(27-2)8-6-16/h3-8,13,19H,9-12,14-15H2,1-2H3/p+2/t19-/m1/s1. The number of hydrogen-bond donors (Lipinski definition) is 2. The van der Waals surface area contributed by atoms with Crippen molar-refractivity contribution in [1.82, 2.24) is 5.01 Å². The van der Waals surface area contributed by atoms with E-state index >= 15 is 0 Å². The van der Waals surface area contributed by atoms with Crippen LogP contribution in [-0.4, -0.2) is 63.5 Å². The van der Waals surface area contributed by atoms with Crippen molar-refractivity contribution in [3.8, 4) is 5.75 Å². The maximum atomic E-state index is 13.1. The number of carbonyl (C=O) groups is 1. The lowest BCUT2D eigenvalue weighted by molar-refractivity contribution is -1.000. The molecule has 0 radical (unpaired) electrons. The number of piperazine rings is 1. The first-order valence-corrected chi connectivity index (χ1v) is 9.86. The Kier molecular flexibility index (Phi) is 5.45. The van der Waals surface area contributed by atoms with Crippen molar-refractivity contribution in [3.63, 3.8) is 0 Å². The molecule has 28 heavy (non-hydrogen) atoms. The van der Waals surface area contributed by atoms with Crippen LogP contribution < -0.4 is 14.5 Å². The summed E-state index contributed by atoms with van der Waals surface area (Å²) >= 11 is 0. The molecule has 1 aromatic heterocycles.